The number of alkyl halides is 4. The fourth-order valence-corrected chi connectivity index (χ4v) is 5.39. The van der Waals surface area contributed by atoms with Crippen LogP contribution in [-0.4, -0.2) is 63.7 Å². The fourth-order valence-electron chi connectivity index (χ4n) is 5.39. The molecule has 3 atom stereocenters. The van der Waals surface area contributed by atoms with Crippen LogP contribution < -0.4 is 5.32 Å². The van der Waals surface area contributed by atoms with Gasteiger partial charge in [0.15, 0.2) is 6.17 Å². The Morgan fingerprint density at radius 1 is 1.17 bits per heavy atom. The van der Waals surface area contributed by atoms with E-state index in [0.717, 1.165) is 16.6 Å². The van der Waals surface area contributed by atoms with Gasteiger partial charge >= 0.3 is 6.18 Å². The maximum atomic E-state index is 14.7. The fraction of sp³-hybridized carbons (Fsp3) is 0.379. The number of carbonyl (C=O) groups excluding carboxylic acids is 1. The first-order chi connectivity index (χ1) is 19.7. The first-order valence-corrected chi connectivity index (χ1v) is 13.4. The van der Waals surface area contributed by atoms with Crippen LogP contribution in [-0.2, 0) is 17.9 Å². The largest absolute Gasteiger partial charge is 0.406 e. The Morgan fingerprint density at radius 2 is 1.98 bits per heavy atom. The van der Waals surface area contributed by atoms with Crippen molar-refractivity contribution in [1.29, 1.82) is 0 Å². The Hall–Kier alpha value is -4.06. The van der Waals surface area contributed by atoms with Crippen LogP contribution in [0.2, 0.25) is 0 Å². The molecule has 4 aromatic rings. The first kappa shape index (κ1) is 27.1. The van der Waals surface area contributed by atoms with Gasteiger partial charge < -0.3 is 19.3 Å². The van der Waals surface area contributed by atoms with Crippen LogP contribution in [0, 0.1) is 5.92 Å². The molecule has 1 aliphatic heterocycles. The van der Waals surface area contributed by atoms with E-state index in [1.807, 2.05) is 42.3 Å². The summed E-state index contributed by atoms with van der Waals surface area (Å²) >= 11 is 0. The number of amides is 1. The minimum atomic E-state index is -4.53. The lowest BCUT2D eigenvalue weighted by atomic mass is 10.1. The van der Waals surface area contributed by atoms with Crippen LogP contribution in [0.15, 0.2) is 64.1 Å². The van der Waals surface area contributed by atoms with Gasteiger partial charge in [-0.2, -0.15) is 18.2 Å². The highest BCUT2D eigenvalue weighted by molar-refractivity contribution is 5.99. The van der Waals surface area contributed by atoms with Gasteiger partial charge in [-0.15, -0.1) is 0 Å². The highest BCUT2D eigenvalue weighted by Gasteiger charge is 2.43. The van der Waals surface area contributed by atoms with E-state index >= 15 is 0 Å². The summed E-state index contributed by atoms with van der Waals surface area (Å²) in [7, 11) is 1.82. The summed E-state index contributed by atoms with van der Waals surface area (Å²) in [6.45, 7) is -0.476. The molecule has 1 saturated carbocycles. The molecule has 0 spiro atoms. The van der Waals surface area contributed by atoms with Crippen LogP contribution in [0.25, 0.3) is 22.4 Å². The molecule has 8 nitrogen and oxygen atoms in total. The smallest absolute Gasteiger partial charge is 0.347 e. The van der Waals surface area contributed by atoms with Crippen LogP contribution in [0.3, 0.4) is 0 Å². The van der Waals surface area contributed by atoms with Gasteiger partial charge in [0, 0.05) is 30.8 Å². The summed E-state index contributed by atoms with van der Waals surface area (Å²) in [6.07, 6.45) is -4.61. The number of halogens is 4. The zero-order valence-electron chi connectivity index (χ0n) is 22.2. The van der Waals surface area contributed by atoms with Gasteiger partial charge in [0.25, 0.3) is 0 Å². The predicted molar refractivity (Wildman–Crippen MR) is 145 cm³/mol. The van der Waals surface area contributed by atoms with Crippen molar-refractivity contribution in [3.63, 3.8) is 0 Å². The molecule has 2 aromatic carbocycles. The number of rotatable bonds is 7. The third-order valence-corrected chi connectivity index (χ3v) is 7.57. The number of carbonyl (C=O) groups is 1. The van der Waals surface area contributed by atoms with Crippen molar-refractivity contribution in [1.82, 2.24) is 24.9 Å². The number of hydrogen-bond acceptors (Lipinski definition) is 6. The third-order valence-electron chi connectivity index (χ3n) is 7.57. The van der Waals surface area contributed by atoms with Gasteiger partial charge in [-0.25, -0.2) is 4.39 Å². The molecule has 0 unspecified atom stereocenters. The standard InChI is InChI=1S/C29H28F4N6O2/c1-38-11-10-23(21(30)15-38)35-22-8-5-9-24-20(22)13-25(39(24)16-29(31,32)33)27-36-26(41-37-27)14-34-28(40)19-12-18(19)17-6-3-2-4-7-17/h2-9,13,18-19,21H,10-12,14-16H2,1H3,(H,34,40)/b35-23+/t18-,19-,21-/m0/s1. The maximum absolute atomic E-state index is 14.7. The van der Waals surface area contributed by atoms with Crippen LogP contribution in [0.5, 0.6) is 0 Å². The molecule has 1 aliphatic carbocycles. The van der Waals surface area contributed by atoms with Crippen molar-refractivity contribution in [2.45, 2.75) is 44.2 Å². The molecule has 6 rings (SSSR count). The highest BCUT2D eigenvalue weighted by Crippen LogP contribution is 2.47. The maximum Gasteiger partial charge on any atom is 0.406 e. The van der Waals surface area contributed by atoms with Gasteiger partial charge in [0.2, 0.25) is 17.6 Å². The zero-order chi connectivity index (χ0) is 28.7. The minimum absolute atomic E-state index is 0.0470. The normalized spacial score (nSPS) is 22.4. The Labute approximate surface area is 233 Å². The lowest BCUT2D eigenvalue weighted by molar-refractivity contribution is -0.139. The van der Waals surface area contributed by atoms with Gasteiger partial charge in [-0.05, 0) is 43.1 Å². The molecule has 41 heavy (non-hydrogen) atoms. The van der Waals surface area contributed by atoms with Crippen LogP contribution in [0.1, 0.15) is 30.2 Å². The molecule has 2 aliphatic rings. The van der Waals surface area contributed by atoms with E-state index < -0.39 is 18.9 Å². The average Bonchev–Trinajstić information content (AvgIpc) is 3.47. The number of nitrogens with zero attached hydrogens (tertiary/aromatic N) is 5. The van der Waals surface area contributed by atoms with Gasteiger partial charge in [0.1, 0.15) is 6.54 Å². The molecule has 2 fully saturated rings. The summed E-state index contributed by atoms with van der Waals surface area (Å²) in [6, 6.07) is 16.1. The van der Waals surface area contributed by atoms with E-state index in [1.54, 1.807) is 18.2 Å². The van der Waals surface area contributed by atoms with Crippen molar-refractivity contribution >= 4 is 28.2 Å². The number of benzene rings is 2. The Kier molecular flexibility index (Phi) is 7.10. The minimum Gasteiger partial charge on any atom is -0.347 e. The van der Waals surface area contributed by atoms with Crippen molar-refractivity contribution in [3.05, 3.63) is 66.1 Å². The molecular formula is C29H28F4N6O2. The van der Waals surface area contributed by atoms with Crippen molar-refractivity contribution in [3.8, 4) is 11.5 Å². The van der Waals surface area contributed by atoms with E-state index in [1.165, 1.54) is 6.07 Å². The van der Waals surface area contributed by atoms with Crippen LogP contribution in [0.4, 0.5) is 23.2 Å². The second kappa shape index (κ2) is 10.7. The van der Waals surface area contributed by atoms with Gasteiger partial charge in [0.05, 0.1) is 29.2 Å². The van der Waals surface area contributed by atoms with E-state index in [4.69, 9.17) is 4.52 Å². The summed E-state index contributed by atoms with van der Waals surface area (Å²) in [4.78, 5) is 23.3. The molecule has 0 bridgehead atoms. The van der Waals surface area contributed by atoms with E-state index in [2.05, 4.69) is 20.4 Å². The molecule has 2 aromatic heterocycles. The van der Waals surface area contributed by atoms with Crippen molar-refractivity contribution < 1.29 is 26.9 Å². The first-order valence-electron chi connectivity index (χ1n) is 13.4. The number of likely N-dealkylation sites (tertiary alicyclic amines) is 1. The Bertz CT molecular complexity index is 1600. The zero-order valence-corrected chi connectivity index (χ0v) is 22.2. The van der Waals surface area contributed by atoms with Crippen molar-refractivity contribution in [2.24, 2.45) is 10.9 Å². The topological polar surface area (TPSA) is 88.6 Å². The Morgan fingerprint density at radius 3 is 2.73 bits per heavy atom. The SMILES string of the molecule is CN1CC/C(=N\c2cccc3c2cc(-c2noc(CNC(=O)[C@H]4C[C@H]4c4ccccc4)n2)n3CC(F)(F)F)[C@@H](F)C1. The summed E-state index contributed by atoms with van der Waals surface area (Å²) in [5.74, 6) is -0.116. The predicted octanol–water partition coefficient (Wildman–Crippen LogP) is 5.42. The van der Waals surface area contributed by atoms with Crippen LogP contribution >= 0.6 is 0 Å². The molecular weight excluding hydrogens is 540 g/mol. The quantitative estimate of drug-likeness (QED) is 0.301. The molecule has 1 saturated heterocycles. The summed E-state index contributed by atoms with van der Waals surface area (Å²) < 4.78 is 61.9. The molecule has 1 amide bonds. The lowest BCUT2D eigenvalue weighted by Gasteiger charge is -2.26. The molecule has 214 valence electrons. The number of fused-ring (bicyclic) bond motifs is 1. The van der Waals surface area contributed by atoms with Gasteiger partial charge in [-0.3, -0.25) is 9.79 Å². The number of aliphatic imine (C=N–C) groups is 1. The third kappa shape index (κ3) is 5.88. The number of hydrogen-bond donors (Lipinski definition) is 1. The molecule has 12 heteroatoms. The number of nitrogens with one attached hydrogen (secondary N) is 1. The second-order valence-corrected chi connectivity index (χ2v) is 10.6. The van der Waals surface area contributed by atoms with E-state index in [-0.39, 0.29) is 53.8 Å². The molecule has 0 radical (unpaired) electrons. The lowest BCUT2D eigenvalue weighted by Crippen LogP contribution is -2.39. The number of piperidine rings is 1. The summed E-state index contributed by atoms with van der Waals surface area (Å²) in [5, 5.41) is 7.12. The highest BCUT2D eigenvalue weighted by atomic mass is 19.4. The monoisotopic (exact) mass is 568 g/mol. The van der Waals surface area contributed by atoms with Gasteiger partial charge in [-0.1, -0.05) is 41.6 Å². The summed E-state index contributed by atoms with van der Waals surface area (Å²) in [5.41, 5.74) is 2.19. The van der Waals surface area contributed by atoms with E-state index in [0.29, 0.717) is 29.8 Å². The second-order valence-electron chi connectivity index (χ2n) is 10.6. The Balaban J connectivity index is 1.25. The van der Waals surface area contributed by atoms with E-state index in [9.17, 15) is 22.4 Å². The average molecular weight is 569 g/mol. The molecule has 3 heterocycles. The molecule has 1 N–H and O–H groups in total. The van der Waals surface area contributed by atoms with Crippen molar-refractivity contribution in [2.75, 3.05) is 20.1 Å². The number of aromatic nitrogens is 3.